The zero-order valence-corrected chi connectivity index (χ0v) is 14.3. The van der Waals surface area contributed by atoms with Crippen LogP contribution >= 0.6 is 23.2 Å². The monoisotopic (exact) mass is 329 g/mol. The number of carbonyl (C=O) groups excluding carboxylic acids is 1. The van der Waals surface area contributed by atoms with Crippen molar-refractivity contribution in [2.24, 2.45) is 0 Å². The maximum Gasteiger partial charge on any atom is 0.252 e. The van der Waals surface area contributed by atoms with Gasteiger partial charge in [0, 0.05) is 11.6 Å². The lowest BCUT2D eigenvalue weighted by atomic mass is 10.1. The largest absolute Gasteiger partial charge is 0.352 e. The number of halogens is 2. The standard InChI is InChI=1S/C17H25Cl2NO/c1-2-3-4-5-6-7-8-9-12-20-17(21)15-13-14(18)10-11-16(15)19/h10-11,13H,2-9,12H2,1H3,(H,20,21). The minimum Gasteiger partial charge on any atom is -0.352 e. The molecule has 0 radical (unpaired) electrons. The molecule has 0 aliphatic rings. The average Bonchev–Trinajstić information content (AvgIpc) is 2.48. The Morgan fingerprint density at radius 1 is 1.00 bits per heavy atom. The maximum absolute atomic E-state index is 12.0. The third-order valence-electron chi connectivity index (χ3n) is 3.49. The Kier molecular flexibility index (Phi) is 9.53. The van der Waals surface area contributed by atoms with E-state index >= 15 is 0 Å². The molecule has 0 atom stereocenters. The molecular weight excluding hydrogens is 305 g/mol. The van der Waals surface area contributed by atoms with Gasteiger partial charge in [-0.1, -0.05) is 75.1 Å². The first kappa shape index (κ1) is 18.3. The number of hydrogen-bond acceptors (Lipinski definition) is 1. The summed E-state index contributed by atoms with van der Waals surface area (Å²) >= 11 is 11.9. The van der Waals surface area contributed by atoms with Crippen molar-refractivity contribution in [3.8, 4) is 0 Å². The Hall–Kier alpha value is -0.730. The zero-order valence-electron chi connectivity index (χ0n) is 12.8. The van der Waals surface area contributed by atoms with Crippen molar-refractivity contribution in [2.75, 3.05) is 6.54 Å². The molecule has 1 amide bonds. The molecule has 4 heteroatoms. The first-order valence-electron chi connectivity index (χ1n) is 7.88. The van der Waals surface area contributed by atoms with Crippen LogP contribution in [0.25, 0.3) is 0 Å². The Balaban J connectivity index is 2.12. The van der Waals surface area contributed by atoms with Crippen LogP contribution in [-0.2, 0) is 0 Å². The number of amides is 1. The lowest BCUT2D eigenvalue weighted by Crippen LogP contribution is -2.24. The van der Waals surface area contributed by atoms with Crippen molar-refractivity contribution >= 4 is 29.1 Å². The molecule has 0 bridgehead atoms. The van der Waals surface area contributed by atoms with E-state index in [1.54, 1.807) is 18.2 Å². The predicted octanol–water partition coefficient (Wildman–Crippen LogP) is 5.86. The van der Waals surface area contributed by atoms with Gasteiger partial charge in [0.25, 0.3) is 5.91 Å². The van der Waals surface area contributed by atoms with E-state index in [9.17, 15) is 4.79 Å². The summed E-state index contributed by atoms with van der Waals surface area (Å²) in [6, 6.07) is 4.93. The summed E-state index contributed by atoms with van der Waals surface area (Å²) in [4.78, 5) is 12.0. The fourth-order valence-corrected chi connectivity index (χ4v) is 2.60. The number of benzene rings is 1. The molecule has 0 saturated heterocycles. The summed E-state index contributed by atoms with van der Waals surface area (Å²) in [5.41, 5.74) is 0.448. The summed E-state index contributed by atoms with van der Waals surface area (Å²) < 4.78 is 0. The van der Waals surface area contributed by atoms with Gasteiger partial charge in [-0.25, -0.2) is 0 Å². The predicted molar refractivity (Wildman–Crippen MR) is 91.4 cm³/mol. The van der Waals surface area contributed by atoms with Crippen LogP contribution in [0.2, 0.25) is 10.0 Å². The van der Waals surface area contributed by atoms with Gasteiger partial charge in [-0.15, -0.1) is 0 Å². The second-order valence-electron chi connectivity index (χ2n) is 5.35. The van der Waals surface area contributed by atoms with Crippen molar-refractivity contribution in [3.63, 3.8) is 0 Å². The molecule has 0 spiro atoms. The molecule has 0 aliphatic carbocycles. The highest BCUT2D eigenvalue weighted by atomic mass is 35.5. The molecule has 21 heavy (non-hydrogen) atoms. The second-order valence-corrected chi connectivity index (χ2v) is 6.20. The second kappa shape index (κ2) is 10.9. The van der Waals surface area contributed by atoms with Gasteiger partial charge in [-0.2, -0.15) is 0 Å². The van der Waals surface area contributed by atoms with E-state index in [1.807, 2.05) is 0 Å². The number of nitrogens with one attached hydrogen (secondary N) is 1. The van der Waals surface area contributed by atoms with Gasteiger partial charge in [0.05, 0.1) is 10.6 Å². The quantitative estimate of drug-likeness (QED) is 0.535. The number of rotatable bonds is 10. The minimum atomic E-state index is -0.148. The van der Waals surface area contributed by atoms with Gasteiger partial charge in [0.1, 0.15) is 0 Å². The zero-order chi connectivity index (χ0) is 15.5. The van der Waals surface area contributed by atoms with E-state index in [4.69, 9.17) is 23.2 Å². The molecule has 118 valence electrons. The van der Waals surface area contributed by atoms with E-state index in [0.29, 0.717) is 22.2 Å². The normalized spacial score (nSPS) is 10.6. The number of unbranched alkanes of at least 4 members (excludes halogenated alkanes) is 7. The highest BCUT2D eigenvalue weighted by Gasteiger charge is 2.09. The fraction of sp³-hybridized carbons (Fsp3) is 0.588. The lowest BCUT2D eigenvalue weighted by molar-refractivity contribution is 0.0953. The van der Waals surface area contributed by atoms with Crippen molar-refractivity contribution in [3.05, 3.63) is 33.8 Å². The number of carbonyl (C=O) groups is 1. The Morgan fingerprint density at radius 2 is 1.62 bits per heavy atom. The number of hydrogen-bond donors (Lipinski definition) is 1. The summed E-state index contributed by atoms with van der Waals surface area (Å²) in [5, 5.41) is 3.86. The van der Waals surface area contributed by atoms with Crippen LogP contribution in [0, 0.1) is 0 Å². The Morgan fingerprint density at radius 3 is 2.29 bits per heavy atom. The summed E-state index contributed by atoms with van der Waals surface area (Å²) in [7, 11) is 0. The fourth-order valence-electron chi connectivity index (χ4n) is 2.23. The topological polar surface area (TPSA) is 29.1 Å². The molecule has 0 aromatic heterocycles. The molecule has 2 nitrogen and oxygen atoms in total. The molecule has 0 saturated carbocycles. The van der Waals surface area contributed by atoms with Crippen LogP contribution < -0.4 is 5.32 Å². The van der Waals surface area contributed by atoms with E-state index in [1.165, 1.54) is 38.5 Å². The van der Waals surface area contributed by atoms with Crippen molar-refractivity contribution in [1.82, 2.24) is 5.32 Å². The van der Waals surface area contributed by atoms with Crippen molar-refractivity contribution in [2.45, 2.75) is 58.3 Å². The lowest BCUT2D eigenvalue weighted by Gasteiger charge is -2.07. The van der Waals surface area contributed by atoms with Gasteiger partial charge in [0.2, 0.25) is 0 Å². The highest BCUT2D eigenvalue weighted by molar-refractivity contribution is 6.35. The molecule has 1 aromatic rings. The third kappa shape index (κ3) is 7.73. The van der Waals surface area contributed by atoms with Crippen LogP contribution in [-0.4, -0.2) is 12.5 Å². The van der Waals surface area contributed by atoms with Gasteiger partial charge in [-0.05, 0) is 24.6 Å². The molecule has 1 aromatic carbocycles. The van der Waals surface area contributed by atoms with Crippen LogP contribution in [0.5, 0.6) is 0 Å². The average molecular weight is 330 g/mol. The summed E-state index contributed by atoms with van der Waals surface area (Å²) in [6.45, 7) is 2.92. The molecule has 0 unspecified atom stereocenters. The van der Waals surface area contributed by atoms with Gasteiger partial charge in [0.15, 0.2) is 0 Å². The first-order chi connectivity index (χ1) is 10.1. The van der Waals surface area contributed by atoms with Crippen LogP contribution in [0.4, 0.5) is 0 Å². The smallest absolute Gasteiger partial charge is 0.252 e. The SMILES string of the molecule is CCCCCCCCCCNC(=O)c1cc(Cl)ccc1Cl. The summed E-state index contributed by atoms with van der Waals surface area (Å²) in [6.07, 6.45) is 10.0. The van der Waals surface area contributed by atoms with Crippen LogP contribution in [0.1, 0.15) is 68.6 Å². The molecule has 0 heterocycles. The Bertz CT molecular complexity index is 435. The molecular formula is C17H25Cl2NO. The summed E-state index contributed by atoms with van der Waals surface area (Å²) in [5.74, 6) is -0.148. The van der Waals surface area contributed by atoms with E-state index in [-0.39, 0.29) is 5.91 Å². The van der Waals surface area contributed by atoms with Gasteiger partial charge >= 0.3 is 0 Å². The van der Waals surface area contributed by atoms with Crippen LogP contribution in [0.15, 0.2) is 18.2 Å². The van der Waals surface area contributed by atoms with E-state index < -0.39 is 0 Å². The maximum atomic E-state index is 12.0. The molecule has 1 rings (SSSR count). The highest BCUT2D eigenvalue weighted by Crippen LogP contribution is 2.20. The van der Waals surface area contributed by atoms with Gasteiger partial charge < -0.3 is 5.32 Å². The Labute approximate surface area is 138 Å². The minimum absolute atomic E-state index is 0.148. The molecule has 1 N–H and O–H groups in total. The van der Waals surface area contributed by atoms with Crippen LogP contribution in [0.3, 0.4) is 0 Å². The van der Waals surface area contributed by atoms with Crippen molar-refractivity contribution < 1.29 is 4.79 Å². The third-order valence-corrected chi connectivity index (χ3v) is 4.05. The first-order valence-corrected chi connectivity index (χ1v) is 8.64. The van der Waals surface area contributed by atoms with Crippen molar-refractivity contribution in [1.29, 1.82) is 0 Å². The van der Waals surface area contributed by atoms with Gasteiger partial charge in [-0.3, -0.25) is 4.79 Å². The molecule has 0 fully saturated rings. The van der Waals surface area contributed by atoms with E-state index in [2.05, 4.69) is 12.2 Å². The van der Waals surface area contributed by atoms with E-state index in [0.717, 1.165) is 12.8 Å². The molecule has 0 aliphatic heterocycles.